The normalized spacial score (nSPS) is 18.9. The predicted octanol–water partition coefficient (Wildman–Crippen LogP) is 2.81. The quantitative estimate of drug-likeness (QED) is 0.859. The maximum atomic E-state index is 12.1. The first-order valence-electron chi connectivity index (χ1n) is 7.74. The van der Waals surface area contributed by atoms with Crippen LogP contribution < -0.4 is 4.74 Å². The standard InChI is InChI=1S/C16H25N3O3/c1-12-7-8-14(18-17-12)21-11-13-6-5-9-19(10-13)15(20)22-16(2,3)4/h7-8,13H,5-6,9-11H2,1-4H3. The van der Waals surface area contributed by atoms with Crippen LogP contribution in [0.3, 0.4) is 0 Å². The monoisotopic (exact) mass is 307 g/mol. The van der Waals surface area contributed by atoms with Crippen LogP contribution in [0.1, 0.15) is 39.3 Å². The van der Waals surface area contributed by atoms with E-state index in [1.165, 1.54) is 0 Å². The summed E-state index contributed by atoms with van der Waals surface area (Å²) in [5.41, 5.74) is 0.402. The second-order valence-corrected chi connectivity index (χ2v) is 6.76. The Morgan fingerprint density at radius 3 is 2.77 bits per heavy atom. The van der Waals surface area contributed by atoms with E-state index in [4.69, 9.17) is 9.47 Å². The highest BCUT2D eigenvalue weighted by molar-refractivity contribution is 5.68. The molecule has 1 aromatic rings. The molecule has 22 heavy (non-hydrogen) atoms. The maximum absolute atomic E-state index is 12.1. The minimum absolute atomic E-state index is 0.243. The molecular weight excluding hydrogens is 282 g/mol. The van der Waals surface area contributed by atoms with Gasteiger partial charge < -0.3 is 14.4 Å². The number of ether oxygens (including phenoxy) is 2. The molecule has 0 spiro atoms. The van der Waals surface area contributed by atoms with Crippen LogP contribution in [0.4, 0.5) is 4.79 Å². The third-order valence-corrected chi connectivity index (χ3v) is 3.41. The molecule has 1 aliphatic heterocycles. The van der Waals surface area contributed by atoms with Gasteiger partial charge in [0.15, 0.2) is 0 Å². The Kier molecular flexibility index (Phi) is 5.21. The lowest BCUT2D eigenvalue weighted by Crippen LogP contribution is -2.44. The number of hydrogen-bond donors (Lipinski definition) is 0. The van der Waals surface area contributed by atoms with Gasteiger partial charge in [-0.15, -0.1) is 5.10 Å². The first-order valence-corrected chi connectivity index (χ1v) is 7.74. The SMILES string of the molecule is Cc1ccc(OCC2CCCN(C(=O)OC(C)(C)C)C2)nn1. The summed E-state index contributed by atoms with van der Waals surface area (Å²) < 4.78 is 11.1. The van der Waals surface area contributed by atoms with Crippen LogP contribution in [0.2, 0.25) is 0 Å². The number of aryl methyl sites for hydroxylation is 1. The molecule has 1 saturated heterocycles. The molecule has 1 fully saturated rings. The molecule has 0 bridgehead atoms. The van der Waals surface area contributed by atoms with Crippen LogP contribution in [0.15, 0.2) is 12.1 Å². The number of piperidine rings is 1. The van der Waals surface area contributed by atoms with E-state index in [0.717, 1.165) is 25.1 Å². The van der Waals surface area contributed by atoms with Crippen molar-refractivity contribution in [1.29, 1.82) is 0 Å². The molecule has 6 heteroatoms. The van der Waals surface area contributed by atoms with Gasteiger partial charge >= 0.3 is 6.09 Å². The zero-order chi connectivity index (χ0) is 16.2. The molecule has 1 unspecified atom stereocenters. The van der Waals surface area contributed by atoms with Crippen LogP contribution in [0.5, 0.6) is 5.88 Å². The van der Waals surface area contributed by atoms with Crippen molar-refractivity contribution in [3.63, 3.8) is 0 Å². The lowest BCUT2D eigenvalue weighted by molar-refractivity contribution is 0.0138. The number of carbonyl (C=O) groups excluding carboxylic acids is 1. The number of aromatic nitrogens is 2. The molecular formula is C16H25N3O3. The topological polar surface area (TPSA) is 64.5 Å². The molecule has 0 N–H and O–H groups in total. The van der Waals surface area contributed by atoms with Crippen molar-refractivity contribution in [2.24, 2.45) is 5.92 Å². The lowest BCUT2D eigenvalue weighted by atomic mass is 9.99. The van der Waals surface area contributed by atoms with Gasteiger partial charge in [-0.2, -0.15) is 5.10 Å². The molecule has 1 aromatic heterocycles. The van der Waals surface area contributed by atoms with Gasteiger partial charge in [-0.05, 0) is 46.6 Å². The van der Waals surface area contributed by atoms with Crippen molar-refractivity contribution < 1.29 is 14.3 Å². The van der Waals surface area contributed by atoms with E-state index in [-0.39, 0.29) is 6.09 Å². The molecule has 0 aromatic carbocycles. The van der Waals surface area contributed by atoms with Gasteiger partial charge in [-0.3, -0.25) is 0 Å². The van der Waals surface area contributed by atoms with Crippen LogP contribution in [-0.2, 0) is 4.74 Å². The largest absolute Gasteiger partial charge is 0.476 e. The molecule has 1 aliphatic rings. The summed E-state index contributed by atoms with van der Waals surface area (Å²) in [7, 11) is 0. The van der Waals surface area contributed by atoms with Crippen molar-refractivity contribution in [2.45, 2.75) is 46.1 Å². The maximum Gasteiger partial charge on any atom is 0.410 e. The predicted molar refractivity (Wildman–Crippen MR) is 82.8 cm³/mol. The summed E-state index contributed by atoms with van der Waals surface area (Å²) in [6.07, 6.45) is 1.76. The smallest absolute Gasteiger partial charge is 0.410 e. The first kappa shape index (κ1) is 16.5. The second kappa shape index (κ2) is 6.94. The minimum atomic E-state index is -0.460. The van der Waals surface area contributed by atoms with E-state index >= 15 is 0 Å². The summed E-state index contributed by atoms with van der Waals surface area (Å²) >= 11 is 0. The number of amides is 1. The fourth-order valence-electron chi connectivity index (χ4n) is 2.36. The van der Waals surface area contributed by atoms with Gasteiger partial charge in [0, 0.05) is 25.1 Å². The fraction of sp³-hybridized carbons (Fsp3) is 0.688. The van der Waals surface area contributed by atoms with Crippen molar-refractivity contribution >= 4 is 6.09 Å². The van der Waals surface area contributed by atoms with E-state index in [9.17, 15) is 4.79 Å². The molecule has 2 rings (SSSR count). The molecule has 1 atom stereocenters. The molecule has 122 valence electrons. The van der Waals surface area contributed by atoms with E-state index in [1.807, 2.05) is 39.8 Å². The molecule has 0 radical (unpaired) electrons. The van der Waals surface area contributed by atoms with E-state index < -0.39 is 5.60 Å². The zero-order valence-corrected chi connectivity index (χ0v) is 13.8. The summed E-state index contributed by atoms with van der Waals surface area (Å²) in [4.78, 5) is 13.9. The Hall–Kier alpha value is -1.85. The van der Waals surface area contributed by atoms with Crippen LogP contribution in [0.25, 0.3) is 0 Å². The highest BCUT2D eigenvalue weighted by Gasteiger charge is 2.27. The third kappa shape index (κ3) is 5.16. The highest BCUT2D eigenvalue weighted by atomic mass is 16.6. The molecule has 2 heterocycles. The van der Waals surface area contributed by atoms with Crippen LogP contribution in [-0.4, -0.2) is 46.5 Å². The summed E-state index contributed by atoms with van der Waals surface area (Å²) in [5.74, 6) is 0.823. The minimum Gasteiger partial charge on any atom is -0.476 e. The van der Waals surface area contributed by atoms with Crippen LogP contribution in [0, 0.1) is 12.8 Å². The van der Waals surface area contributed by atoms with Crippen molar-refractivity contribution in [1.82, 2.24) is 15.1 Å². The summed E-state index contributed by atoms with van der Waals surface area (Å²) in [6.45, 7) is 9.47. The van der Waals surface area contributed by atoms with Gasteiger partial charge in [0.05, 0.1) is 12.3 Å². The summed E-state index contributed by atoms with van der Waals surface area (Å²) in [5, 5.41) is 7.95. The van der Waals surface area contributed by atoms with Gasteiger partial charge in [0.1, 0.15) is 5.60 Å². The third-order valence-electron chi connectivity index (χ3n) is 3.41. The summed E-state index contributed by atoms with van der Waals surface area (Å²) in [6, 6.07) is 3.69. The average Bonchev–Trinajstić information content (AvgIpc) is 2.45. The Labute approximate surface area is 131 Å². The number of hydrogen-bond acceptors (Lipinski definition) is 5. The van der Waals surface area contributed by atoms with Gasteiger partial charge in [0.25, 0.3) is 0 Å². The second-order valence-electron chi connectivity index (χ2n) is 6.76. The fourth-order valence-corrected chi connectivity index (χ4v) is 2.36. The lowest BCUT2D eigenvalue weighted by Gasteiger charge is -2.33. The van der Waals surface area contributed by atoms with E-state index in [0.29, 0.717) is 24.9 Å². The van der Waals surface area contributed by atoms with E-state index in [1.54, 1.807) is 4.90 Å². The van der Waals surface area contributed by atoms with E-state index in [2.05, 4.69) is 10.2 Å². The number of carbonyl (C=O) groups is 1. The Morgan fingerprint density at radius 2 is 2.14 bits per heavy atom. The van der Waals surface area contributed by atoms with Crippen LogP contribution >= 0.6 is 0 Å². The molecule has 1 amide bonds. The first-order chi connectivity index (χ1) is 10.3. The van der Waals surface area contributed by atoms with Gasteiger partial charge in [-0.1, -0.05) is 0 Å². The zero-order valence-electron chi connectivity index (χ0n) is 13.8. The number of nitrogens with zero attached hydrogens (tertiary/aromatic N) is 3. The Bertz CT molecular complexity index is 496. The van der Waals surface area contributed by atoms with Gasteiger partial charge in [-0.25, -0.2) is 4.79 Å². The van der Waals surface area contributed by atoms with Gasteiger partial charge in [0.2, 0.25) is 5.88 Å². The Morgan fingerprint density at radius 1 is 1.36 bits per heavy atom. The molecule has 0 aliphatic carbocycles. The van der Waals surface area contributed by atoms with Crippen molar-refractivity contribution in [3.05, 3.63) is 17.8 Å². The highest BCUT2D eigenvalue weighted by Crippen LogP contribution is 2.20. The molecule has 6 nitrogen and oxygen atoms in total. The number of rotatable bonds is 3. The van der Waals surface area contributed by atoms with Crippen molar-refractivity contribution in [2.75, 3.05) is 19.7 Å². The van der Waals surface area contributed by atoms with Crippen molar-refractivity contribution in [3.8, 4) is 5.88 Å². The molecule has 0 saturated carbocycles. The Balaban J connectivity index is 1.82. The average molecular weight is 307 g/mol. The number of likely N-dealkylation sites (tertiary alicyclic amines) is 1.